The molecule has 2 aliphatic rings. The highest BCUT2D eigenvalue weighted by Crippen LogP contribution is 2.38. The Labute approximate surface area is 219 Å². The molecule has 9 nitrogen and oxygen atoms in total. The maximum atomic E-state index is 13.7. The Balaban J connectivity index is 1.55. The zero-order valence-electron chi connectivity index (χ0n) is 20.5. The van der Waals surface area contributed by atoms with Crippen LogP contribution >= 0.6 is 15.9 Å². The van der Waals surface area contributed by atoms with E-state index in [0.717, 1.165) is 5.56 Å². The Bertz CT molecular complexity index is 1280. The molecule has 0 aliphatic carbocycles. The van der Waals surface area contributed by atoms with Crippen molar-refractivity contribution < 1.29 is 27.5 Å². The summed E-state index contributed by atoms with van der Waals surface area (Å²) in [6.45, 7) is 2.71. The van der Waals surface area contributed by atoms with Crippen LogP contribution in [0.5, 0.6) is 11.5 Å². The molecule has 1 atom stereocenters. The topological polar surface area (TPSA) is 105 Å². The van der Waals surface area contributed by atoms with Crippen molar-refractivity contribution in [3.63, 3.8) is 0 Å². The highest BCUT2D eigenvalue weighted by Gasteiger charge is 2.36. The highest BCUT2D eigenvalue weighted by atomic mass is 79.9. The van der Waals surface area contributed by atoms with Gasteiger partial charge in [0.05, 0.1) is 30.7 Å². The van der Waals surface area contributed by atoms with E-state index < -0.39 is 15.9 Å². The number of fused-ring (bicyclic) bond motifs is 1. The van der Waals surface area contributed by atoms with Crippen LogP contribution < -0.4 is 19.7 Å². The summed E-state index contributed by atoms with van der Waals surface area (Å²) in [4.78, 5) is 27.2. The molecule has 0 aromatic heterocycles. The fourth-order valence-corrected chi connectivity index (χ4v) is 7.28. The molecule has 2 amide bonds. The predicted molar refractivity (Wildman–Crippen MR) is 140 cm³/mol. The van der Waals surface area contributed by atoms with Gasteiger partial charge in [0, 0.05) is 42.3 Å². The summed E-state index contributed by atoms with van der Waals surface area (Å²) in [6, 6.07) is 8.45. The number of nitrogens with zero attached hydrogens (tertiary/aromatic N) is 2. The third-order valence-corrected chi connectivity index (χ3v) is 9.50. The van der Waals surface area contributed by atoms with Gasteiger partial charge in [-0.3, -0.25) is 9.59 Å². The smallest absolute Gasteiger partial charge is 0.244 e. The van der Waals surface area contributed by atoms with Crippen LogP contribution in [0.3, 0.4) is 0 Å². The first-order valence-corrected chi connectivity index (χ1v) is 14.1. The minimum atomic E-state index is -3.90. The predicted octanol–water partition coefficient (Wildman–Crippen LogP) is 3.80. The van der Waals surface area contributed by atoms with E-state index in [1.54, 1.807) is 49.3 Å². The number of hydrogen-bond acceptors (Lipinski definition) is 6. The van der Waals surface area contributed by atoms with Gasteiger partial charge in [0.15, 0.2) is 0 Å². The van der Waals surface area contributed by atoms with Gasteiger partial charge in [-0.1, -0.05) is 6.92 Å². The van der Waals surface area contributed by atoms with E-state index in [0.29, 0.717) is 66.1 Å². The minimum Gasteiger partial charge on any atom is -0.497 e. The van der Waals surface area contributed by atoms with Crippen molar-refractivity contribution in [2.45, 2.75) is 37.5 Å². The van der Waals surface area contributed by atoms with E-state index in [-0.39, 0.29) is 23.3 Å². The maximum absolute atomic E-state index is 13.7. The summed E-state index contributed by atoms with van der Waals surface area (Å²) >= 11 is 3.43. The second kappa shape index (κ2) is 10.8. The highest BCUT2D eigenvalue weighted by molar-refractivity contribution is 9.10. The number of amides is 2. The van der Waals surface area contributed by atoms with E-state index in [9.17, 15) is 18.0 Å². The number of hydrogen-bond donors (Lipinski definition) is 1. The lowest BCUT2D eigenvalue weighted by molar-refractivity contribution is -0.121. The van der Waals surface area contributed by atoms with Crippen molar-refractivity contribution in [1.29, 1.82) is 0 Å². The Kier molecular flexibility index (Phi) is 7.91. The van der Waals surface area contributed by atoms with Gasteiger partial charge in [-0.2, -0.15) is 4.31 Å². The van der Waals surface area contributed by atoms with Gasteiger partial charge in [-0.15, -0.1) is 0 Å². The van der Waals surface area contributed by atoms with Gasteiger partial charge in [-0.05, 0) is 65.0 Å². The van der Waals surface area contributed by atoms with Crippen LogP contribution in [0.4, 0.5) is 11.4 Å². The first-order chi connectivity index (χ1) is 17.2. The molecule has 194 valence electrons. The molecule has 4 rings (SSSR count). The molecule has 1 saturated heterocycles. The summed E-state index contributed by atoms with van der Waals surface area (Å²) < 4.78 is 39.7. The summed E-state index contributed by atoms with van der Waals surface area (Å²) in [5.41, 5.74) is 2.07. The van der Waals surface area contributed by atoms with Crippen LogP contribution in [0.1, 0.15) is 31.7 Å². The van der Waals surface area contributed by atoms with E-state index in [4.69, 9.17) is 9.47 Å². The molecule has 2 aromatic rings. The van der Waals surface area contributed by atoms with Gasteiger partial charge in [-0.25, -0.2) is 8.42 Å². The second-order valence-corrected chi connectivity index (χ2v) is 11.6. The molecule has 1 N–H and O–H groups in total. The number of rotatable bonds is 7. The van der Waals surface area contributed by atoms with Crippen molar-refractivity contribution in [3.05, 3.63) is 40.4 Å². The number of carbonyl (C=O) groups excluding carboxylic acids is 2. The number of anilines is 2. The standard InChI is InChI=1S/C25H30BrN3O6S/c1-4-24(30)29-11-9-16-12-19(26)23(14-21(16)29)36(32,33)28-10-5-6-17(15-28)25(31)27-20-8-7-18(34-2)13-22(20)35-3/h7-8,12-14,17H,4-6,9-11,15H2,1-3H3,(H,27,31)/t17-/m0/s1. The summed E-state index contributed by atoms with van der Waals surface area (Å²) in [6.07, 6.45) is 2.15. The number of sulfonamides is 1. The van der Waals surface area contributed by atoms with Crippen LogP contribution in [0.25, 0.3) is 0 Å². The van der Waals surface area contributed by atoms with E-state index in [1.807, 2.05) is 0 Å². The van der Waals surface area contributed by atoms with Crippen molar-refractivity contribution in [2.24, 2.45) is 5.92 Å². The van der Waals surface area contributed by atoms with Crippen LogP contribution in [0.15, 0.2) is 39.7 Å². The lowest BCUT2D eigenvalue weighted by Gasteiger charge is -2.32. The quantitative estimate of drug-likeness (QED) is 0.534. The van der Waals surface area contributed by atoms with Crippen LogP contribution in [-0.4, -0.2) is 58.4 Å². The van der Waals surface area contributed by atoms with Crippen molar-refractivity contribution >= 4 is 49.1 Å². The number of nitrogens with one attached hydrogen (secondary N) is 1. The number of methoxy groups -OCH3 is 2. The molecule has 0 saturated carbocycles. The molecule has 36 heavy (non-hydrogen) atoms. The normalized spacial score (nSPS) is 18.0. The molecule has 0 spiro atoms. The Morgan fingerprint density at radius 3 is 2.61 bits per heavy atom. The number of piperidine rings is 1. The number of halogens is 1. The average molecular weight is 581 g/mol. The maximum Gasteiger partial charge on any atom is 0.244 e. The molecule has 0 unspecified atom stereocenters. The number of carbonyl (C=O) groups is 2. The molecule has 2 aromatic carbocycles. The van der Waals surface area contributed by atoms with Gasteiger partial charge >= 0.3 is 0 Å². The zero-order valence-corrected chi connectivity index (χ0v) is 22.9. The number of benzene rings is 2. The van der Waals surface area contributed by atoms with Crippen molar-refractivity contribution in [1.82, 2.24) is 4.31 Å². The molecule has 0 radical (unpaired) electrons. The number of ether oxygens (including phenoxy) is 2. The third-order valence-electron chi connectivity index (χ3n) is 6.67. The first-order valence-electron chi connectivity index (χ1n) is 11.9. The Hall–Kier alpha value is -2.63. The van der Waals surface area contributed by atoms with Gasteiger partial charge in [0.1, 0.15) is 11.5 Å². The Morgan fingerprint density at radius 1 is 1.14 bits per heavy atom. The lowest BCUT2D eigenvalue weighted by atomic mass is 9.98. The SMILES string of the molecule is CCC(=O)N1CCc2cc(Br)c(S(=O)(=O)N3CCC[C@H](C(=O)Nc4ccc(OC)cc4OC)C3)cc21. The van der Waals surface area contributed by atoms with Crippen molar-refractivity contribution in [2.75, 3.05) is 44.1 Å². The Morgan fingerprint density at radius 2 is 1.92 bits per heavy atom. The fourth-order valence-electron chi connectivity index (χ4n) is 4.69. The first kappa shape index (κ1) is 26.4. The van der Waals surface area contributed by atoms with Gasteiger partial charge in [0.25, 0.3) is 0 Å². The zero-order chi connectivity index (χ0) is 26.0. The molecular formula is C25H30BrN3O6S. The van der Waals surface area contributed by atoms with Crippen molar-refractivity contribution in [3.8, 4) is 11.5 Å². The molecule has 1 fully saturated rings. The van der Waals surface area contributed by atoms with E-state index in [1.165, 1.54) is 11.4 Å². The third kappa shape index (κ3) is 5.09. The van der Waals surface area contributed by atoms with Gasteiger partial charge < -0.3 is 19.7 Å². The largest absolute Gasteiger partial charge is 0.497 e. The van der Waals surface area contributed by atoms with Crippen LogP contribution in [0.2, 0.25) is 0 Å². The second-order valence-electron chi connectivity index (χ2n) is 8.82. The summed E-state index contributed by atoms with van der Waals surface area (Å²) in [5, 5.41) is 2.87. The lowest BCUT2D eigenvalue weighted by Crippen LogP contribution is -2.43. The summed E-state index contributed by atoms with van der Waals surface area (Å²) in [7, 11) is -0.857. The summed E-state index contributed by atoms with van der Waals surface area (Å²) in [5.74, 6) is 0.219. The monoisotopic (exact) mass is 579 g/mol. The molecule has 11 heteroatoms. The molecule has 0 bridgehead atoms. The van der Waals surface area contributed by atoms with Crippen LogP contribution in [-0.2, 0) is 26.0 Å². The molecule has 2 aliphatic heterocycles. The average Bonchev–Trinajstić information content (AvgIpc) is 3.30. The minimum absolute atomic E-state index is 0.0388. The van der Waals surface area contributed by atoms with E-state index >= 15 is 0 Å². The molecular weight excluding hydrogens is 550 g/mol. The fraction of sp³-hybridized carbons (Fsp3) is 0.440. The van der Waals surface area contributed by atoms with Crippen LogP contribution in [0, 0.1) is 5.92 Å². The molecule has 2 heterocycles. The van der Waals surface area contributed by atoms with E-state index in [2.05, 4.69) is 21.2 Å². The van der Waals surface area contributed by atoms with Gasteiger partial charge in [0.2, 0.25) is 21.8 Å².